The molecule has 0 aromatic heterocycles. The molecule has 0 aromatic rings. The molecule has 25 heavy (non-hydrogen) atoms. The zero-order chi connectivity index (χ0) is 20.4. The molecule has 1 aliphatic heterocycles. The summed E-state index contributed by atoms with van der Waals surface area (Å²) < 4.78 is 4.35. The van der Waals surface area contributed by atoms with Crippen LogP contribution >= 0.6 is 0 Å². The minimum Gasteiger partial charge on any atom is -0.481 e. The molecular weight excluding hydrogens is 338 g/mol. The third-order valence-corrected chi connectivity index (χ3v) is 2.24. The van der Waals surface area contributed by atoms with Crippen LogP contribution < -0.4 is 0 Å². The van der Waals surface area contributed by atoms with E-state index in [0.29, 0.717) is 5.91 Å². The van der Waals surface area contributed by atoms with E-state index in [9.17, 15) is 9.59 Å². The molecule has 1 atom stereocenters. The minimum absolute atomic E-state index is 0.133. The number of ether oxygens (including phenoxy) is 1. The van der Waals surface area contributed by atoms with E-state index >= 15 is 0 Å². The van der Waals surface area contributed by atoms with Crippen LogP contribution in [0, 0.1) is 0 Å². The Morgan fingerprint density at radius 1 is 1.16 bits per heavy atom. The highest BCUT2D eigenvalue weighted by molar-refractivity contribution is 5.77. The second-order valence-electron chi connectivity index (χ2n) is 4.75. The number of aliphatic hydroxyl groups excluding tert-OH is 2. The average Bonchev–Trinajstić information content (AvgIpc) is 2.89. The highest BCUT2D eigenvalue weighted by Gasteiger charge is 2.16. The van der Waals surface area contributed by atoms with E-state index in [0.717, 1.165) is 39.8 Å². The second-order valence-corrected chi connectivity index (χ2v) is 4.75. The summed E-state index contributed by atoms with van der Waals surface area (Å²) in [6, 6.07) is 0. The van der Waals surface area contributed by atoms with Gasteiger partial charge in [0.15, 0.2) is 0 Å². The van der Waals surface area contributed by atoms with Gasteiger partial charge in [0.1, 0.15) is 12.7 Å². The van der Waals surface area contributed by atoms with Crippen LogP contribution in [0.5, 0.6) is 0 Å². The number of rotatable bonds is 4. The molecule has 1 unspecified atom stereocenters. The first kappa shape index (κ1) is 27.6. The molecule has 1 rings (SSSR count). The number of likely N-dealkylation sites (tertiary alicyclic amines) is 1. The van der Waals surface area contributed by atoms with Crippen molar-refractivity contribution >= 4 is 23.8 Å². The number of aliphatic hydroxyl groups is 2. The van der Waals surface area contributed by atoms with E-state index in [4.69, 9.17) is 30.0 Å². The highest BCUT2D eigenvalue weighted by atomic mass is 16.5. The van der Waals surface area contributed by atoms with Gasteiger partial charge >= 0.3 is 5.97 Å². The number of amides is 1. The lowest BCUT2D eigenvalue weighted by Gasteiger charge is -2.10. The smallest absolute Gasteiger partial charge is 0.302 e. The van der Waals surface area contributed by atoms with Gasteiger partial charge in [0.05, 0.1) is 6.61 Å². The lowest BCUT2D eigenvalue weighted by Crippen LogP contribution is -2.23. The molecule has 0 saturated carbocycles. The standard InChI is InChI=1S/C6H11NO.C5H10O4.2C2H4O2/c1-2-7-5-3-4-6(7)8;1-4(7)9-3-5(8)2-6;2*1-2(3)4/h2-5H2,1H3;5-6,8H,2-3H2,1H3;2*1H3,(H,3,4). The molecule has 10 heteroatoms. The summed E-state index contributed by atoms with van der Waals surface area (Å²) in [5, 5.41) is 31.6. The molecular formula is C15H29NO9. The molecule has 1 heterocycles. The fraction of sp³-hybridized carbons (Fsp3) is 0.733. The van der Waals surface area contributed by atoms with Crippen LogP contribution in [0.3, 0.4) is 0 Å². The second kappa shape index (κ2) is 18.1. The largest absolute Gasteiger partial charge is 0.481 e. The van der Waals surface area contributed by atoms with Crippen LogP contribution in [0.4, 0.5) is 0 Å². The molecule has 1 saturated heterocycles. The van der Waals surface area contributed by atoms with Crippen LogP contribution in [0.2, 0.25) is 0 Å². The van der Waals surface area contributed by atoms with Gasteiger partial charge in [-0.05, 0) is 13.3 Å². The average molecular weight is 367 g/mol. The van der Waals surface area contributed by atoms with Crippen molar-refractivity contribution in [3.8, 4) is 0 Å². The Bertz CT molecular complexity index is 378. The Morgan fingerprint density at radius 3 is 1.80 bits per heavy atom. The first-order valence-electron chi connectivity index (χ1n) is 7.56. The van der Waals surface area contributed by atoms with Gasteiger partial charge in [0.25, 0.3) is 11.9 Å². The number of nitrogens with zero attached hydrogens (tertiary/aromatic N) is 1. The van der Waals surface area contributed by atoms with Crippen molar-refractivity contribution in [3.05, 3.63) is 0 Å². The predicted octanol–water partition coefficient (Wildman–Crippen LogP) is -0.287. The van der Waals surface area contributed by atoms with Crippen LogP contribution in [-0.4, -0.2) is 81.5 Å². The van der Waals surface area contributed by atoms with E-state index < -0.39 is 24.0 Å². The fourth-order valence-electron chi connectivity index (χ4n) is 1.30. The number of carbonyl (C=O) groups excluding carboxylic acids is 2. The molecule has 0 aliphatic carbocycles. The van der Waals surface area contributed by atoms with Crippen molar-refractivity contribution in [2.24, 2.45) is 0 Å². The molecule has 10 nitrogen and oxygen atoms in total. The Morgan fingerprint density at radius 2 is 1.60 bits per heavy atom. The maximum absolute atomic E-state index is 10.7. The van der Waals surface area contributed by atoms with Crippen molar-refractivity contribution in [2.45, 2.75) is 46.6 Å². The van der Waals surface area contributed by atoms with Gasteiger partial charge in [0, 0.05) is 40.3 Å². The first-order valence-corrected chi connectivity index (χ1v) is 7.56. The molecule has 1 aliphatic rings. The number of aliphatic carboxylic acids is 2. The van der Waals surface area contributed by atoms with E-state index in [1.165, 1.54) is 6.92 Å². The summed E-state index contributed by atoms with van der Waals surface area (Å²) in [5.74, 6) is -1.80. The molecule has 0 bridgehead atoms. The van der Waals surface area contributed by atoms with Crippen LogP contribution in [0.1, 0.15) is 40.5 Å². The Balaban J connectivity index is -0.000000276. The third kappa shape index (κ3) is 30.3. The lowest BCUT2D eigenvalue weighted by molar-refractivity contribution is -0.144. The van der Waals surface area contributed by atoms with Gasteiger partial charge in [0.2, 0.25) is 5.91 Å². The summed E-state index contributed by atoms with van der Waals surface area (Å²) in [5.41, 5.74) is 0. The Labute approximate surface area is 147 Å². The monoisotopic (exact) mass is 367 g/mol. The number of hydrogen-bond acceptors (Lipinski definition) is 7. The molecule has 0 spiro atoms. The van der Waals surface area contributed by atoms with Crippen LogP contribution in [-0.2, 0) is 23.9 Å². The Hall–Kier alpha value is -2.20. The van der Waals surface area contributed by atoms with Gasteiger partial charge in [-0.2, -0.15) is 0 Å². The van der Waals surface area contributed by atoms with E-state index in [1.54, 1.807) is 0 Å². The van der Waals surface area contributed by atoms with Crippen molar-refractivity contribution < 1.29 is 44.3 Å². The van der Waals surface area contributed by atoms with Gasteiger partial charge in [-0.25, -0.2) is 0 Å². The van der Waals surface area contributed by atoms with Crippen molar-refractivity contribution in [3.63, 3.8) is 0 Å². The highest BCUT2D eigenvalue weighted by Crippen LogP contribution is 2.07. The summed E-state index contributed by atoms with van der Waals surface area (Å²) in [6.45, 7) is 6.78. The van der Waals surface area contributed by atoms with E-state index in [1.807, 2.05) is 11.8 Å². The van der Waals surface area contributed by atoms with Gasteiger partial charge < -0.3 is 30.1 Å². The van der Waals surface area contributed by atoms with Crippen molar-refractivity contribution in [2.75, 3.05) is 26.3 Å². The third-order valence-electron chi connectivity index (χ3n) is 2.24. The minimum atomic E-state index is -0.950. The number of carbonyl (C=O) groups is 4. The van der Waals surface area contributed by atoms with Gasteiger partial charge in [-0.3, -0.25) is 19.2 Å². The zero-order valence-corrected chi connectivity index (χ0v) is 15.1. The summed E-state index contributed by atoms with van der Waals surface area (Å²) >= 11 is 0. The topological polar surface area (TPSA) is 162 Å². The molecule has 1 amide bonds. The maximum atomic E-state index is 10.7. The normalized spacial score (nSPS) is 13.0. The molecule has 148 valence electrons. The number of hydrogen-bond donors (Lipinski definition) is 4. The molecule has 1 fully saturated rings. The van der Waals surface area contributed by atoms with E-state index in [-0.39, 0.29) is 13.2 Å². The van der Waals surface area contributed by atoms with Gasteiger partial charge in [-0.1, -0.05) is 0 Å². The van der Waals surface area contributed by atoms with Crippen LogP contribution in [0.25, 0.3) is 0 Å². The van der Waals surface area contributed by atoms with Gasteiger partial charge in [-0.15, -0.1) is 0 Å². The zero-order valence-electron chi connectivity index (χ0n) is 15.1. The van der Waals surface area contributed by atoms with Crippen molar-refractivity contribution in [1.29, 1.82) is 0 Å². The molecule has 0 aromatic carbocycles. The maximum Gasteiger partial charge on any atom is 0.302 e. The van der Waals surface area contributed by atoms with Crippen molar-refractivity contribution in [1.82, 2.24) is 4.90 Å². The summed E-state index contributed by atoms with van der Waals surface area (Å²) in [6.07, 6.45) is 0.884. The summed E-state index contributed by atoms with van der Waals surface area (Å²) in [4.78, 5) is 40.7. The summed E-state index contributed by atoms with van der Waals surface area (Å²) in [7, 11) is 0. The molecule has 4 N–H and O–H groups in total. The number of esters is 1. The lowest BCUT2D eigenvalue weighted by atomic mass is 10.4. The quantitative estimate of drug-likeness (QED) is 0.489. The number of carboxylic acid groups (broad SMARTS) is 2. The SMILES string of the molecule is CC(=O)O.CC(=O)O.CC(=O)OCC(O)CO.CCN1CCCC1=O. The predicted molar refractivity (Wildman–Crippen MR) is 87.8 cm³/mol. The fourth-order valence-corrected chi connectivity index (χ4v) is 1.30. The molecule has 0 radical (unpaired) electrons. The van der Waals surface area contributed by atoms with E-state index in [2.05, 4.69) is 4.74 Å². The first-order chi connectivity index (χ1) is 11.5. The number of carboxylic acids is 2. The Kier molecular flexibility index (Phi) is 20.1. The van der Waals surface area contributed by atoms with Crippen LogP contribution in [0.15, 0.2) is 0 Å².